The summed E-state index contributed by atoms with van der Waals surface area (Å²) in [5, 5.41) is 0. The van der Waals surface area contributed by atoms with Crippen molar-refractivity contribution >= 4 is 11.9 Å². The lowest BCUT2D eigenvalue weighted by atomic mass is 10.3. The van der Waals surface area contributed by atoms with Crippen LogP contribution in [0.5, 0.6) is 0 Å². The Morgan fingerprint density at radius 1 is 1.45 bits per heavy atom. The first-order chi connectivity index (χ1) is 5.29. The standard InChI is InChI=1S/C8H8N2O/c1-7(11)2-3-8-4-9-6-10-5-8/h2-6H,1H3/b3-2+. The lowest BCUT2D eigenvalue weighted by Crippen LogP contribution is -1.82. The molecular weight excluding hydrogens is 140 g/mol. The van der Waals surface area contributed by atoms with Crippen LogP contribution in [-0.4, -0.2) is 15.8 Å². The van der Waals surface area contributed by atoms with E-state index < -0.39 is 0 Å². The number of ketones is 1. The van der Waals surface area contributed by atoms with Gasteiger partial charge in [0, 0.05) is 18.0 Å². The van der Waals surface area contributed by atoms with Crippen LogP contribution in [0, 0.1) is 0 Å². The van der Waals surface area contributed by atoms with E-state index >= 15 is 0 Å². The maximum atomic E-state index is 10.5. The summed E-state index contributed by atoms with van der Waals surface area (Å²) >= 11 is 0. The molecule has 0 unspecified atom stereocenters. The van der Waals surface area contributed by atoms with E-state index in [2.05, 4.69) is 9.97 Å². The Morgan fingerprint density at radius 3 is 2.64 bits per heavy atom. The Labute approximate surface area is 64.8 Å². The van der Waals surface area contributed by atoms with Crippen LogP contribution < -0.4 is 0 Å². The number of carbonyl (C=O) groups excluding carboxylic acids is 1. The molecule has 0 aromatic carbocycles. The molecule has 0 aliphatic heterocycles. The largest absolute Gasteiger partial charge is 0.295 e. The lowest BCUT2D eigenvalue weighted by molar-refractivity contribution is -0.112. The Morgan fingerprint density at radius 2 is 2.09 bits per heavy atom. The summed E-state index contributed by atoms with van der Waals surface area (Å²) in [4.78, 5) is 18.1. The minimum atomic E-state index is 0.0221. The highest BCUT2D eigenvalue weighted by atomic mass is 16.1. The van der Waals surface area contributed by atoms with Crippen LogP contribution in [0.1, 0.15) is 12.5 Å². The number of rotatable bonds is 2. The van der Waals surface area contributed by atoms with E-state index in [1.165, 1.54) is 19.3 Å². The second kappa shape index (κ2) is 3.61. The van der Waals surface area contributed by atoms with Gasteiger partial charge in [0.25, 0.3) is 0 Å². The van der Waals surface area contributed by atoms with Crippen molar-refractivity contribution in [3.8, 4) is 0 Å². The molecule has 0 aliphatic rings. The summed E-state index contributed by atoms with van der Waals surface area (Å²) in [7, 11) is 0. The fraction of sp³-hybridized carbons (Fsp3) is 0.125. The number of hydrogen-bond donors (Lipinski definition) is 0. The van der Waals surface area contributed by atoms with Crippen molar-refractivity contribution < 1.29 is 4.79 Å². The third-order valence-corrected chi connectivity index (χ3v) is 1.09. The number of allylic oxidation sites excluding steroid dienone is 1. The van der Waals surface area contributed by atoms with Crippen LogP contribution in [0.25, 0.3) is 6.08 Å². The molecule has 0 aliphatic carbocycles. The normalized spacial score (nSPS) is 10.3. The molecule has 0 bridgehead atoms. The van der Waals surface area contributed by atoms with Gasteiger partial charge in [-0.25, -0.2) is 9.97 Å². The molecule has 0 saturated carbocycles. The number of nitrogens with zero attached hydrogens (tertiary/aromatic N) is 2. The van der Waals surface area contributed by atoms with Crippen LogP contribution in [-0.2, 0) is 4.79 Å². The highest BCUT2D eigenvalue weighted by Crippen LogP contribution is 1.95. The average Bonchev–Trinajstić information content (AvgIpc) is 2.03. The van der Waals surface area contributed by atoms with Crippen LogP contribution in [0.4, 0.5) is 0 Å². The van der Waals surface area contributed by atoms with Gasteiger partial charge in [-0.05, 0) is 19.1 Å². The van der Waals surface area contributed by atoms with Crippen molar-refractivity contribution in [3.63, 3.8) is 0 Å². The molecule has 0 atom stereocenters. The van der Waals surface area contributed by atoms with Crippen molar-refractivity contribution in [1.29, 1.82) is 0 Å². The average molecular weight is 148 g/mol. The van der Waals surface area contributed by atoms with Gasteiger partial charge >= 0.3 is 0 Å². The third kappa shape index (κ3) is 2.71. The highest BCUT2D eigenvalue weighted by Gasteiger charge is 1.85. The predicted octanol–water partition coefficient (Wildman–Crippen LogP) is 1.08. The summed E-state index contributed by atoms with van der Waals surface area (Å²) in [5.41, 5.74) is 0.836. The molecule has 11 heavy (non-hydrogen) atoms. The maximum Gasteiger partial charge on any atom is 0.152 e. The van der Waals surface area contributed by atoms with Gasteiger partial charge in [-0.15, -0.1) is 0 Å². The summed E-state index contributed by atoms with van der Waals surface area (Å²) in [6, 6.07) is 0. The second-order valence-corrected chi connectivity index (χ2v) is 2.12. The Hall–Kier alpha value is -1.51. The van der Waals surface area contributed by atoms with Crippen LogP contribution in [0.2, 0.25) is 0 Å². The monoisotopic (exact) mass is 148 g/mol. The van der Waals surface area contributed by atoms with Crippen molar-refractivity contribution in [3.05, 3.63) is 30.4 Å². The molecule has 0 saturated heterocycles. The van der Waals surface area contributed by atoms with Gasteiger partial charge in [0.2, 0.25) is 0 Å². The van der Waals surface area contributed by atoms with Crippen LogP contribution >= 0.6 is 0 Å². The number of carbonyl (C=O) groups is 1. The maximum absolute atomic E-state index is 10.5. The molecule has 0 N–H and O–H groups in total. The zero-order valence-corrected chi connectivity index (χ0v) is 6.19. The number of aromatic nitrogens is 2. The van der Waals surface area contributed by atoms with Gasteiger partial charge in [0.15, 0.2) is 5.78 Å². The van der Waals surface area contributed by atoms with E-state index in [4.69, 9.17) is 0 Å². The van der Waals surface area contributed by atoms with Crippen molar-refractivity contribution in [1.82, 2.24) is 9.97 Å². The van der Waals surface area contributed by atoms with E-state index in [1.54, 1.807) is 18.5 Å². The minimum Gasteiger partial charge on any atom is -0.295 e. The molecule has 1 rings (SSSR count). The van der Waals surface area contributed by atoms with E-state index in [0.29, 0.717) is 0 Å². The first kappa shape index (κ1) is 7.60. The topological polar surface area (TPSA) is 42.9 Å². The molecule has 56 valence electrons. The SMILES string of the molecule is CC(=O)/C=C/c1cncnc1. The van der Waals surface area contributed by atoms with E-state index in [-0.39, 0.29) is 5.78 Å². The number of hydrogen-bond acceptors (Lipinski definition) is 3. The molecular formula is C8H8N2O. The third-order valence-electron chi connectivity index (χ3n) is 1.09. The van der Waals surface area contributed by atoms with Gasteiger partial charge < -0.3 is 0 Å². The molecule has 0 radical (unpaired) electrons. The fourth-order valence-electron chi connectivity index (χ4n) is 0.610. The summed E-state index contributed by atoms with van der Waals surface area (Å²) in [6.07, 6.45) is 7.91. The van der Waals surface area contributed by atoms with Crippen molar-refractivity contribution in [2.45, 2.75) is 6.92 Å². The molecule has 1 aromatic rings. The smallest absolute Gasteiger partial charge is 0.152 e. The lowest BCUT2D eigenvalue weighted by Gasteiger charge is -1.86. The molecule has 0 fully saturated rings. The second-order valence-electron chi connectivity index (χ2n) is 2.12. The minimum absolute atomic E-state index is 0.0221. The zero-order valence-electron chi connectivity index (χ0n) is 6.19. The summed E-state index contributed by atoms with van der Waals surface area (Å²) in [5.74, 6) is 0.0221. The van der Waals surface area contributed by atoms with E-state index in [1.807, 2.05) is 0 Å². The van der Waals surface area contributed by atoms with Gasteiger partial charge in [-0.3, -0.25) is 4.79 Å². The quantitative estimate of drug-likeness (QED) is 0.589. The Balaban J connectivity index is 2.72. The van der Waals surface area contributed by atoms with E-state index in [0.717, 1.165) is 5.56 Å². The van der Waals surface area contributed by atoms with E-state index in [9.17, 15) is 4.79 Å². The molecule has 0 spiro atoms. The van der Waals surface area contributed by atoms with Crippen LogP contribution in [0.15, 0.2) is 24.8 Å². The summed E-state index contributed by atoms with van der Waals surface area (Å²) in [6.45, 7) is 1.50. The predicted molar refractivity (Wildman–Crippen MR) is 41.7 cm³/mol. The van der Waals surface area contributed by atoms with Crippen molar-refractivity contribution in [2.24, 2.45) is 0 Å². The van der Waals surface area contributed by atoms with Gasteiger partial charge in [0.1, 0.15) is 6.33 Å². The molecule has 1 aromatic heterocycles. The summed E-state index contributed by atoms with van der Waals surface area (Å²) < 4.78 is 0. The molecule has 3 heteroatoms. The molecule has 1 heterocycles. The highest BCUT2D eigenvalue weighted by molar-refractivity contribution is 5.91. The Kier molecular flexibility index (Phi) is 2.49. The molecule has 3 nitrogen and oxygen atoms in total. The first-order valence-corrected chi connectivity index (χ1v) is 3.22. The van der Waals surface area contributed by atoms with Gasteiger partial charge in [-0.2, -0.15) is 0 Å². The van der Waals surface area contributed by atoms with Crippen LogP contribution in [0.3, 0.4) is 0 Å². The van der Waals surface area contributed by atoms with Crippen molar-refractivity contribution in [2.75, 3.05) is 0 Å². The first-order valence-electron chi connectivity index (χ1n) is 3.22. The fourth-order valence-corrected chi connectivity index (χ4v) is 0.610. The van der Waals surface area contributed by atoms with Gasteiger partial charge in [-0.1, -0.05) is 0 Å². The molecule has 0 amide bonds. The van der Waals surface area contributed by atoms with Gasteiger partial charge in [0.05, 0.1) is 0 Å². The zero-order chi connectivity index (χ0) is 8.10. The Bertz CT molecular complexity index is 267.